The van der Waals surface area contributed by atoms with Gasteiger partial charge in [0.1, 0.15) is 12.4 Å². The summed E-state index contributed by atoms with van der Waals surface area (Å²) in [5.74, 6) is 1.78. The van der Waals surface area contributed by atoms with E-state index in [1.807, 2.05) is 75.7 Å². The minimum absolute atomic E-state index is 0.0710. The second kappa shape index (κ2) is 9.13. The van der Waals surface area contributed by atoms with Crippen LogP contribution in [0.2, 0.25) is 0 Å². The molecule has 0 aliphatic carbocycles. The number of para-hydroxylation sites is 1. The molecule has 0 aliphatic heterocycles. The Hall–Kier alpha value is -2.80. The topological polar surface area (TPSA) is 69.0 Å². The SMILES string of the molecule is Cc1ccc(NC(=O)CSc2nnc(COc3c(C)cccc3C)n2C)c(C)c1. The van der Waals surface area contributed by atoms with Crippen molar-refractivity contribution in [1.29, 1.82) is 0 Å². The van der Waals surface area contributed by atoms with Gasteiger partial charge in [-0.1, -0.05) is 47.7 Å². The summed E-state index contributed by atoms with van der Waals surface area (Å²) in [5, 5.41) is 12.0. The minimum atomic E-state index is -0.0710. The number of aromatic nitrogens is 3. The van der Waals surface area contributed by atoms with Crippen molar-refractivity contribution in [2.45, 2.75) is 39.5 Å². The number of nitrogens with one attached hydrogen (secondary N) is 1. The molecule has 0 saturated carbocycles. The number of aryl methyl sites for hydroxylation is 4. The maximum atomic E-state index is 12.3. The predicted octanol–water partition coefficient (Wildman–Crippen LogP) is 4.36. The number of anilines is 1. The zero-order chi connectivity index (χ0) is 21.0. The molecule has 29 heavy (non-hydrogen) atoms. The van der Waals surface area contributed by atoms with E-state index in [9.17, 15) is 4.79 Å². The van der Waals surface area contributed by atoms with Gasteiger partial charge in [0, 0.05) is 12.7 Å². The lowest BCUT2D eigenvalue weighted by atomic mass is 10.1. The van der Waals surface area contributed by atoms with E-state index in [4.69, 9.17) is 4.74 Å². The number of ether oxygens (including phenoxy) is 1. The van der Waals surface area contributed by atoms with Gasteiger partial charge < -0.3 is 14.6 Å². The molecule has 1 N–H and O–H groups in total. The Morgan fingerprint density at radius 1 is 1.07 bits per heavy atom. The highest BCUT2D eigenvalue weighted by Crippen LogP contribution is 2.24. The third-order valence-corrected chi connectivity index (χ3v) is 5.69. The molecule has 152 valence electrons. The molecule has 6 nitrogen and oxygen atoms in total. The van der Waals surface area contributed by atoms with Crippen molar-refractivity contribution in [3.8, 4) is 5.75 Å². The number of nitrogens with zero attached hydrogens (tertiary/aromatic N) is 3. The fourth-order valence-corrected chi connectivity index (χ4v) is 3.76. The van der Waals surface area contributed by atoms with Crippen LogP contribution in [0.3, 0.4) is 0 Å². The fraction of sp³-hybridized carbons (Fsp3) is 0.318. The lowest BCUT2D eigenvalue weighted by Gasteiger charge is -2.11. The molecule has 3 aromatic rings. The van der Waals surface area contributed by atoms with E-state index < -0.39 is 0 Å². The first-order chi connectivity index (χ1) is 13.8. The molecule has 0 saturated heterocycles. The van der Waals surface area contributed by atoms with Crippen LogP contribution >= 0.6 is 11.8 Å². The molecule has 0 radical (unpaired) electrons. The highest BCUT2D eigenvalue weighted by Gasteiger charge is 2.13. The Kier molecular flexibility index (Phi) is 6.59. The second-order valence-electron chi connectivity index (χ2n) is 7.12. The number of hydrogen-bond acceptors (Lipinski definition) is 5. The summed E-state index contributed by atoms with van der Waals surface area (Å²) >= 11 is 1.35. The molecule has 0 bridgehead atoms. The molecule has 0 atom stereocenters. The molecular formula is C22H26N4O2S. The van der Waals surface area contributed by atoms with Crippen LogP contribution in [0.4, 0.5) is 5.69 Å². The molecule has 3 rings (SSSR count). The van der Waals surface area contributed by atoms with E-state index >= 15 is 0 Å². The number of benzene rings is 2. The average Bonchev–Trinajstić information content (AvgIpc) is 3.02. The van der Waals surface area contributed by atoms with Crippen LogP contribution in [-0.4, -0.2) is 26.4 Å². The van der Waals surface area contributed by atoms with Gasteiger partial charge in [-0.05, 0) is 50.5 Å². The zero-order valence-corrected chi connectivity index (χ0v) is 18.3. The molecule has 0 unspecified atom stereocenters. The molecule has 7 heteroatoms. The van der Waals surface area contributed by atoms with Crippen molar-refractivity contribution in [2.24, 2.45) is 7.05 Å². The van der Waals surface area contributed by atoms with Crippen molar-refractivity contribution in [3.63, 3.8) is 0 Å². The maximum Gasteiger partial charge on any atom is 0.234 e. The third-order valence-electron chi connectivity index (χ3n) is 4.67. The number of amides is 1. The van der Waals surface area contributed by atoms with E-state index in [1.165, 1.54) is 17.3 Å². The molecule has 1 amide bonds. The van der Waals surface area contributed by atoms with Crippen LogP contribution in [0, 0.1) is 27.7 Å². The summed E-state index contributed by atoms with van der Waals surface area (Å²) in [6.45, 7) is 8.39. The van der Waals surface area contributed by atoms with Crippen LogP contribution in [0.25, 0.3) is 0 Å². The first kappa shape index (κ1) is 20.9. The van der Waals surface area contributed by atoms with Crippen molar-refractivity contribution in [2.75, 3.05) is 11.1 Å². The lowest BCUT2D eigenvalue weighted by Crippen LogP contribution is -2.15. The first-order valence-electron chi connectivity index (χ1n) is 9.42. The summed E-state index contributed by atoms with van der Waals surface area (Å²) in [6, 6.07) is 12.0. The summed E-state index contributed by atoms with van der Waals surface area (Å²) in [7, 11) is 1.88. The van der Waals surface area contributed by atoms with E-state index in [-0.39, 0.29) is 11.7 Å². The molecular weight excluding hydrogens is 384 g/mol. The Balaban J connectivity index is 1.57. The van der Waals surface area contributed by atoms with Crippen LogP contribution in [0.1, 0.15) is 28.1 Å². The van der Waals surface area contributed by atoms with Gasteiger partial charge in [-0.15, -0.1) is 10.2 Å². The summed E-state index contributed by atoms with van der Waals surface area (Å²) in [6.07, 6.45) is 0. The Labute approximate surface area is 175 Å². The third kappa shape index (κ3) is 5.17. The van der Waals surface area contributed by atoms with Gasteiger partial charge in [0.15, 0.2) is 11.0 Å². The van der Waals surface area contributed by atoms with Crippen LogP contribution in [0.15, 0.2) is 41.6 Å². The largest absolute Gasteiger partial charge is 0.485 e. The van der Waals surface area contributed by atoms with Gasteiger partial charge in [-0.2, -0.15) is 0 Å². The molecule has 0 fully saturated rings. The van der Waals surface area contributed by atoms with E-state index in [2.05, 4.69) is 15.5 Å². The van der Waals surface area contributed by atoms with Crippen molar-refractivity contribution in [1.82, 2.24) is 14.8 Å². The monoisotopic (exact) mass is 410 g/mol. The highest BCUT2D eigenvalue weighted by atomic mass is 32.2. The normalized spacial score (nSPS) is 10.8. The minimum Gasteiger partial charge on any atom is -0.485 e. The first-order valence-corrected chi connectivity index (χ1v) is 10.4. The van der Waals surface area contributed by atoms with Gasteiger partial charge in [-0.3, -0.25) is 4.79 Å². The van der Waals surface area contributed by atoms with Gasteiger partial charge in [0.25, 0.3) is 0 Å². The number of carbonyl (C=O) groups excluding carboxylic acids is 1. The summed E-state index contributed by atoms with van der Waals surface area (Å²) < 4.78 is 7.83. The second-order valence-corrected chi connectivity index (χ2v) is 8.07. The van der Waals surface area contributed by atoms with Crippen LogP contribution in [0.5, 0.6) is 5.75 Å². The lowest BCUT2D eigenvalue weighted by molar-refractivity contribution is -0.113. The Bertz CT molecular complexity index is 1010. The smallest absolute Gasteiger partial charge is 0.234 e. The Morgan fingerprint density at radius 2 is 1.79 bits per heavy atom. The van der Waals surface area contributed by atoms with Crippen molar-refractivity contribution < 1.29 is 9.53 Å². The Morgan fingerprint density at radius 3 is 2.48 bits per heavy atom. The molecule has 2 aromatic carbocycles. The molecule has 0 aliphatic rings. The van der Waals surface area contributed by atoms with Crippen LogP contribution in [-0.2, 0) is 18.4 Å². The maximum absolute atomic E-state index is 12.3. The number of carbonyl (C=O) groups is 1. The molecule has 1 aromatic heterocycles. The van der Waals surface area contributed by atoms with Crippen molar-refractivity contribution >= 4 is 23.4 Å². The fourth-order valence-electron chi connectivity index (χ4n) is 3.03. The van der Waals surface area contributed by atoms with Gasteiger partial charge >= 0.3 is 0 Å². The van der Waals surface area contributed by atoms with E-state index in [0.717, 1.165) is 28.1 Å². The molecule has 1 heterocycles. The predicted molar refractivity (Wildman–Crippen MR) is 117 cm³/mol. The molecule has 0 spiro atoms. The standard InChI is InChI=1S/C22H26N4O2S/c1-14-9-10-18(17(4)11-14)23-20(27)13-29-22-25-24-19(26(22)5)12-28-21-15(2)7-6-8-16(21)3/h6-11H,12-13H2,1-5H3,(H,23,27). The highest BCUT2D eigenvalue weighted by molar-refractivity contribution is 7.99. The quantitative estimate of drug-likeness (QED) is 0.586. The summed E-state index contributed by atoms with van der Waals surface area (Å²) in [4.78, 5) is 12.3. The number of hydrogen-bond donors (Lipinski definition) is 1. The van der Waals surface area contributed by atoms with E-state index in [0.29, 0.717) is 17.6 Å². The van der Waals surface area contributed by atoms with E-state index in [1.54, 1.807) is 0 Å². The average molecular weight is 411 g/mol. The van der Waals surface area contributed by atoms with Crippen molar-refractivity contribution in [3.05, 3.63) is 64.5 Å². The number of rotatable bonds is 7. The van der Waals surface area contributed by atoms with Gasteiger partial charge in [-0.25, -0.2) is 0 Å². The summed E-state index contributed by atoms with van der Waals surface area (Å²) in [5.41, 5.74) is 5.23. The van der Waals surface area contributed by atoms with Crippen LogP contribution < -0.4 is 10.1 Å². The van der Waals surface area contributed by atoms with Gasteiger partial charge in [0.05, 0.1) is 5.75 Å². The number of thioether (sulfide) groups is 1. The zero-order valence-electron chi connectivity index (χ0n) is 17.4. The van der Waals surface area contributed by atoms with Gasteiger partial charge in [0.2, 0.25) is 5.91 Å².